The Labute approximate surface area is 495 Å². The molecule has 0 bridgehead atoms. The van der Waals surface area contributed by atoms with Crippen molar-refractivity contribution in [1.29, 1.82) is 0 Å². The summed E-state index contributed by atoms with van der Waals surface area (Å²) in [4.78, 5) is 12.3. The van der Waals surface area contributed by atoms with E-state index in [4.69, 9.17) is 10.5 Å². The molecule has 3 saturated heterocycles. The molecular formula is C62H66F5N7O6S4. The van der Waals surface area contributed by atoms with Crippen molar-refractivity contribution in [1.82, 2.24) is 28.5 Å². The van der Waals surface area contributed by atoms with Crippen molar-refractivity contribution in [3.63, 3.8) is 0 Å². The molecule has 3 aliphatic heterocycles. The minimum Gasteiger partial charge on any atom is -0.381 e. The molecule has 13 nitrogen and oxygen atoms in total. The fraction of sp³-hybridized carbons (Fsp3) is 0.323. The van der Waals surface area contributed by atoms with E-state index in [1.54, 1.807) is 30.3 Å². The van der Waals surface area contributed by atoms with E-state index in [9.17, 15) is 38.8 Å². The maximum atomic E-state index is 14.0. The number of ether oxygens (including phenoxy) is 1. The van der Waals surface area contributed by atoms with E-state index < -0.39 is 59.7 Å². The lowest BCUT2D eigenvalue weighted by Gasteiger charge is -2.26. The van der Waals surface area contributed by atoms with E-state index in [-0.39, 0.29) is 11.8 Å². The molecule has 0 radical (unpaired) electrons. The van der Waals surface area contributed by atoms with Gasteiger partial charge in [-0.15, -0.1) is 0 Å². The number of benzene rings is 7. The van der Waals surface area contributed by atoms with Crippen LogP contribution in [0.25, 0.3) is 21.5 Å². The summed E-state index contributed by atoms with van der Waals surface area (Å²) in [7, 11) is -8.39. The molecule has 7 aromatic carbocycles. The lowest BCUT2D eigenvalue weighted by molar-refractivity contribution is 0.198. The van der Waals surface area contributed by atoms with E-state index in [0.717, 1.165) is 91.9 Å². The average Bonchev–Trinajstić information content (AvgIpc) is 4.34. The molecule has 5 heterocycles. The summed E-state index contributed by atoms with van der Waals surface area (Å²) < 4.78 is 136. The number of nitrogens with two attached hydrogens (primary N) is 1. The fourth-order valence-corrected chi connectivity index (χ4v) is 13.6. The second-order valence-corrected chi connectivity index (χ2v) is 25.4. The Balaban J connectivity index is 0.000000174. The molecule has 444 valence electrons. The van der Waals surface area contributed by atoms with Gasteiger partial charge < -0.3 is 14.7 Å². The van der Waals surface area contributed by atoms with Crippen molar-refractivity contribution in [3.05, 3.63) is 202 Å². The Morgan fingerprint density at radius 1 is 0.583 bits per heavy atom. The van der Waals surface area contributed by atoms with Crippen LogP contribution in [0.15, 0.2) is 156 Å². The van der Waals surface area contributed by atoms with Gasteiger partial charge >= 0.3 is 10.1 Å². The Bertz CT molecular complexity index is 3740. The second kappa shape index (κ2) is 30.3. The Hall–Kier alpha value is -6.79. The monoisotopic (exact) mass is 1230 g/mol. The third-order valence-corrected chi connectivity index (χ3v) is 18.5. The Morgan fingerprint density at radius 3 is 1.50 bits per heavy atom. The van der Waals surface area contributed by atoms with Crippen LogP contribution in [-0.4, -0.2) is 71.7 Å². The largest absolute Gasteiger partial charge is 0.381 e. The minimum atomic E-state index is -4.93. The van der Waals surface area contributed by atoms with Crippen LogP contribution in [0.4, 0.5) is 27.1 Å². The molecule has 0 spiro atoms. The van der Waals surface area contributed by atoms with Crippen LogP contribution in [0.1, 0.15) is 111 Å². The van der Waals surface area contributed by atoms with Gasteiger partial charge in [-0.05, 0) is 131 Å². The van der Waals surface area contributed by atoms with Gasteiger partial charge in [0.25, 0.3) is 0 Å². The van der Waals surface area contributed by atoms with Gasteiger partial charge in [0.15, 0.2) is 15.0 Å². The number of hydrogen-bond acceptors (Lipinski definition) is 15. The number of unbranched alkanes of at least 4 members (excludes halogenated alkanes) is 2. The summed E-state index contributed by atoms with van der Waals surface area (Å²) in [6.07, 6.45) is 13.6. The van der Waals surface area contributed by atoms with E-state index in [1.165, 1.54) is 91.5 Å². The molecule has 2 aromatic heterocycles. The molecule has 0 saturated carbocycles. The number of likely N-dealkylation sites (tertiary alicyclic amines) is 2. The number of rotatable bonds is 14. The third-order valence-electron chi connectivity index (χ3n) is 14.3. The smallest absolute Gasteiger partial charge is 0.339 e. The van der Waals surface area contributed by atoms with Crippen molar-refractivity contribution in [2.45, 2.75) is 112 Å². The highest BCUT2D eigenvalue weighted by atomic mass is 32.2. The van der Waals surface area contributed by atoms with Gasteiger partial charge in [0.1, 0.15) is 28.3 Å². The molecule has 12 rings (SSSR count). The first-order valence-corrected chi connectivity index (χ1v) is 32.3. The maximum absolute atomic E-state index is 14.0. The zero-order valence-corrected chi connectivity index (χ0v) is 49.8. The van der Waals surface area contributed by atoms with Gasteiger partial charge in [0, 0.05) is 49.9 Å². The number of anilines is 1. The number of aromatic nitrogens is 4. The van der Waals surface area contributed by atoms with Crippen molar-refractivity contribution < 1.29 is 47.7 Å². The number of hydrogen-bond donors (Lipinski definition) is 1. The first kappa shape index (κ1) is 63.2. The quantitative estimate of drug-likeness (QED) is 0.0472. The molecule has 3 fully saturated rings. The van der Waals surface area contributed by atoms with Crippen molar-refractivity contribution >= 4 is 69.7 Å². The fourth-order valence-electron chi connectivity index (χ4n) is 10.2. The van der Waals surface area contributed by atoms with Crippen molar-refractivity contribution in [2.24, 2.45) is 0 Å². The van der Waals surface area contributed by atoms with Crippen LogP contribution >= 0.6 is 23.1 Å². The van der Waals surface area contributed by atoms with Crippen LogP contribution in [0.5, 0.6) is 5.75 Å². The standard InChI is InChI=1S/C27H20F5NO3S.C24H23N3O2S2.C5H12.C4H8O.C2H3N3S/c28-22-23(29)25(31)27(26(32)24(22)30)36-37(34,35)18-11-12-19-17(14-18)8-4-9-20(19)21-10-5-13-33(21)15-16-6-2-1-3-7-16;28-31(29,16-24-25-17-26-30-24)20-11-12-21-19(14-20)8-4-9-22(21)23-10-5-13-27(23)15-18-6-2-1-3-7-18;1-3-5-4-2;1-2-4-5-3-1;3-2-4-1-5-6-2/h1-4,6-9,11-12,14,21H,5,10,13,15H2;1-4,6-9,11-12,14,17,23H,5,10,13,15-16H2;3-5H2,1-2H3;1-4H2;1H,(H2,3,4,5). The zero-order valence-electron chi connectivity index (χ0n) is 46.6. The summed E-state index contributed by atoms with van der Waals surface area (Å²) in [6, 6.07) is 42.2. The molecule has 3 aliphatic rings. The van der Waals surface area contributed by atoms with Crippen LogP contribution in [0, 0.1) is 29.1 Å². The Kier molecular flexibility index (Phi) is 22.8. The number of nitrogens with zero attached hydrogens (tertiary/aromatic N) is 6. The summed E-state index contributed by atoms with van der Waals surface area (Å²) in [5, 5.41) is 4.42. The molecular weight excluding hydrogens is 1160 g/mol. The highest BCUT2D eigenvalue weighted by Crippen LogP contribution is 2.40. The highest BCUT2D eigenvalue weighted by Gasteiger charge is 2.33. The average molecular weight is 1230 g/mol. The van der Waals surface area contributed by atoms with Gasteiger partial charge in [0.2, 0.25) is 34.8 Å². The normalized spacial score (nSPS) is 16.2. The van der Waals surface area contributed by atoms with E-state index >= 15 is 0 Å². The predicted molar refractivity (Wildman–Crippen MR) is 320 cm³/mol. The number of halogens is 5. The van der Waals surface area contributed by atoms with Crippen LogP contribution in [-0.2, 0) is 43.5 Å². The van der Waals surface area contributed by atoms with Crippen LogP contribution in [0.2, 0.25) is 0 Å². The zero-order chi connectivity index (χ0) is 59.6. The third kappa shape index (κ3) is 16.5. The van der Waals surface area contributed by atoms with Gasteiger partial charge in [-0.2, -0.15) is 25.9 Å². The summed E-state index contributed by atoms with van der Waals surface area (Å²) in [6.45, 7) is 10.1. The van der Waals surface area contributed by atoms with E-state index in [2.05, 4.69) is 89.0 Å². The van der Waals surface area contributed by atoms with E-state index in [0.29, 0.717) is 26.5 Å². The molecule has 0 aliphatic carbocycles. The predicted octanol–water partition coefficient (Wildman–Crippen LogP) is 14.8. The second-order valence-electron chi connectivity index (χ2n) is 20.2. The topological polar surface area (TPSA) is 171 Å². The summed E-state index contributed by atoms with van der Waals surface area (Å²) in [5.74, 6) is -13.8. The molecule has 2 N–H and O–H groups in total. The lowest BCUT2D eigenvalue weighted by Crippen LogP contribution is -2.23. The molecule has 9 aromatic rings. The van der Waals surface area contributed by atoms with Gasteiger partial charge in [-0.25, -0.2) is 31.6 Å². The first-order chi connectivity index (χ1) is 40.6. The molecule has 2 unspecified atom stereocenters. The highest BCUT2D eigenvalue weighted by molar-refractivity contribution is 7.90. The van der Waals surface area contributed by atoms with Crippen LogP contribution < -0.4 is 9.92 Å². The summed E-state index contributed by atoms with van der Waals surface area (Å²) >= 11 is 2.32. The maximum Gasteiger partial charge on any atom is 0.339 e. The molecule has 22 heteroatoms. The SMILES string of the molecule is C1CCOC1.CCCCC.Nc1ncns1.O=S(=O)(Cc1ncns1)c1ccc2c(C3CCCN3Cc3ccccc3)cccc2c1.O=S(=O)(Oc1c(F)c(F)c(F)c(F)c1F)c1ccc2c(C3CCCN3Cc3ccccc3)cccc2c1. The van der Waals surface area contributed by atoms with E-state index in [1.807, 2.05) is 48.5 Å². The summed E-state index contributed by atoms with van der Waals surface area (Å²) in [5.41, 5.74) is 9.89. The number of fused-ring (bicyclic) bond motifs is 2. The number of nitrogen functional groups attached to an aromatic ring is 1. The molecule has 2 atom stereocenters. The number of sulfone groups is 1. The lowest BCUT2D eigenvalue weighted by atomic mass is 9.97. The van der Waals surface area contributed by atoms with Gasteiger partial charge in [-0.1, -0.05) is 142 Å². The molecule has 0 amide bonds. The van der Waals surface area contributed by atoms with Crippen LogP contribution in [0.3, 0.4) is 0 Å². The first-order valence-electron chi connectivity index (χ1n) is 27.7. The van der Waals surface area contributed by atoms with Crippen molar-refractivity contribution in [3.8, 4) is 5.75 Å². The van der Waals surface area contributed by atoms with Gasteiger partial charge in [-0.3, -0.25) is 9.80 Å². The minimum absolute atomic E-state index is 0.0935. The van der Waals surface area contributed by atoms with Gasteiger partial charge in [0.05, 0.1) is 4.90 Å². The Morgan fingerprint density at radius 2 is 1.07 bits per heavy atom. The molecule has 84 heavy (non-hydrogen) atoms. The van der Waals surface area contributed by atoms with Crippen molar-refractivity contribution in [2.75, 3.05) is 32.0 Å².